The molecule has 1 heterocycles. The van der Waals surface area contributed by atoms with Crippen LogP contribution in [-0.4, -0.2) is 49.7 Å². The Hall–Kier alpha value is -0.610. The Morgan fingerprint density at radius 2 is 2.07 bits per heavy atom. The van der Waals surface area contributed by atoms with Crippen LogP contribution >= 0.6 is 0 Å². The molecule has 4 heteroatoms. The third-order valence-corrected chi connectivity index (χ3v) is 2.67. The van der Waals surface area contributed by atoms with E-state index in [9.17, 15) is 4.79 Å². The van der Waals surface area contributed by atoms with Crippen molar-refractivity contribution in [2.45, 2.75) is 25.8 Å². The largest absolute Gasteiger partial charge is 0.380 e. The molecule has 1 rings (SSSR count). The van der Waals surface area contributed by atoms with Gasteiger partial charge >= 0.3 is 0 Å². The molecule has 0 spiro atoms. The number of carbonyl (C=O) groups excluding carboxylic acids is 1. The topological polar surface area (TPSA) is 41.6 Å². The second-order valence-corrected chi connectivity index (χ2v) is 4.13. The highest BCUT2D eigenvalue weighted by Gasteiger charge is 2.30. The number of hydrogen-bond donors (Lipinski definition) is 1. The van der Waals surface area contributed by atoms with Crippen LogP contribution in [0.5, 0.6) is 0 Å². The van der Waals surface area contributed by atoms with Crippen molar-refractivity contribution in [3.8, 4) is 0 Å². The van der Waals surface area contributed by atoms with Gasteiger partial charge in [-0.3, -0.25) is 4.79 Å². The molecule has 14 heavy (non-hydrogen) atoms. The van der Waals surface area contributed by atoms with Crippen molar-refractivity contribution < 1.29 is 9.53 Å². The van der Waals surface area contributed by atoms with Gasteiger partial charge in [0.2, 0.25) is 5.91 Å². The van der Waals surface area contributed by atoms with Crippen molar-refractivity contribution >= 4 is 5.91 Å². The van der Waals surface area contributed by atoms with Crippen molar-refractivity contribution in [3.05, 3.63) is 0 Å². The molecule has 0 aromatic rings. The van der Waals surface area contributed by atoms with Crippen molar-refractivity contribution in [1.82, 2.24) is 10.2 Å². The summed E-state index contributed by atoms with van der Waals surface area (Å²) < 4.78 is 5.31. The van der Waals surface area contributed by atoms with Gasteiger partial charge in [0, 0.05) is 19.7 Å². The van der Waals surface area contributed by atoms with Crippen molar-refractivity contribution in [1.29, 1.82) is 0 Å². The zero-order chi connectivity index (χ0) is 10.6. The molecule has 1 saturated heterocycles. The lowest BCUT2D eigenvalue weighted by atomic mass is 10.0. The molecule has 1 amide bonds. The van der Waals surface area contributed by atoms with Crippen LogP contribution in [0.3, 0.4) is 0 Å². The fraction of sp³-hybridized carbons (Fsp3) is 0.900. The van der Waals surface area contributed by atoms with E-state index in [2.05, 4.69) is 5.32 Å². The number of ether oxygens (including phenoxy) is 1. The summed E-state index contributed by atoms with van der Waals surface area (Å²) in [5.41, 5.74) is -0.468. The summed E-state index contributed by atoms with van der Waals surface area (Å²) in [6, 6.07) is 0. The smallest absolute Gasteiger partial charge is 0.242 e. The van der Waals surface area contributed by atoms with Crippen LogP contribution in [0.2, 0.25) is 0 Å². The highest BCUT2D eigenvalue weighted by atomic mass is 16.5. The van der Waals surface area contributed by atoms with Crippen LogP contribution < -0.4 is 5.32 Å². The van der Waals surface area contributed by atoms with Gasteiger partial charge in [-0.05, 0) is 27.3 Å². The molecule has 82 valence electrons. The van der Waals surface area contributed by atoms with Crippen molar-refractivity contribution in [2.24, 2.45) is 0 Å². The van der Waals surface area contributed by atoms with E-state index >= 15 is 0 Å². The number of nitrogens with zero attached hydrogens (tertiary/aromatic N) is 1. The molecule has 0 aromatic heterocycles. The summed E-state index contributed by atoms with van der Waals surface area (Å²) in [7, 11) is 1.81. The van der Waals surface area contributed by atoms with Crippen LogP contribution in [0.25, 0.3) is 0 Å². The van der Waals surface area contributed by atoms with Crippen LogP contribution in [0.4, 0.5) is 0 Å². The van der Waals surface area contributed by atoms with E-state index in [4.69, 9.17) is 4.74 Å². The molecule has 0 unspecified atom stereocenters. The van der Waals surface area contributed by atoms with Gasteiger partial charge in [-0.15, -0.1) is 0 Å². The maximum atomic E-state index is 12.0. The SMILES string of the molecule is CNC(C)(C)C(=O)N1CCCOCC1. The highest BCUT2D eigenvalue weighted by Crippen LogP contribution is 2.09. The standard InChI is InChI=1S/C10H20N2O2/c1-10(2,11-3)9(13)12-5-4-7-14-8-6-12/h11H,4-8H2,1-3H3. The molecule has 0 aromatic carbocycles. The number of likely N-dealkylation sites (N-methyl/N-ethyl adjacent to an activating group) is 1. The van der Waals surface area contributed by atoms with Crippen LogP contribution in [-0.2, 0) is 9.53 Å². The normalized spacial score (nSPS) is 19.2. The fourth-order valence-corrected chi connectivity index (χ4v) is 1.45. The third-order valence-electron chi connectivity index (χ3n) is 2.67. The lowest BCUT2D eigenvalue weighted by Crippen LogP contribution is -2.53. The minimum atomic E-state index is -0.468. The number of nitrogens with one attached hydrogen (secondary N) is 1. The minimum absolute atomic E-state index is 0.158. The Labute approximate surface area is 85.6 Å². The van der Waals surface area contributed by atoms with E-state index in [0.717, 1.165) is 19.6 Å². The van der Waals surface area contributed by atoms with Gasteiger partial charge in [-0.25, -0.2) is 0 Å². The second kappa shape index (κ2) is 4.75. The second-order valence-electron chi connectivity index (χ2n) is 4.13. The molecule has 0 aliphatic carbocycles. The summed E-state index contributed by atoms with van der Waals surface area (Å²) >= 11 is 0. The Balaban J connectivity index is 2.58. The van der Waals surface area contributed by atoms with Gasteiger partial charge < -0.3 is 15.0 Å². The van der Waals surface area contributed by atoms with Gasteiger partial charge in [-0.2, -0.15) is 0 Å². The fourth-order valence-electron chi connectivity index (χ4n) is 1.45. The average molecular weight is 200 g/mol. The lowest BCUT2D eigenvalue weighted by Gasteiger charge is -2.30. The van der Waals surface area contributed by atoms with Crippen LogP contribution in [0.1, 0.15) is 20.3 Å². The Bertz CT molecular complexity index is 196. The van der Waals surface area contributed by atoms with Crippen molar-refractivity contribution in [2.75, 3.05) is 33.4 Å². The molecule has 1 aliphatic rings. The molecule has 0 atom stereocenters. The van der Waals surface area contributed by atoms with E-state index in [1.807, 2.05) is 25.8 Å². The first-order valence-electron chi connectivity index (χ1n) is 5.14. The summed E-state index contributed by atoms with van der Waals surface area (Å²) in [6.45, 7) is 6.76. The quantitative estimate of drug-likeness (QED) is 0.694. The monoisotopic (exact) mass is 200 g/mol. The lowest BCUT2D eigenvalue weighted by molar-refractivity contribution is -0.136. The molecular formula is C10H20N2O2. The summed E-state index contributed by atoms with van der Waals surface area (Å²) in [4.78, 5) is 13.9. The molecule has 0 bridgehead atoms. The predicted octanol–water partition coefficient (Wildman–Crippen LogP) is 0.233. The predicted molar refractivity (Wildman–Crippen MR) is 55.2 cm³/mol. The van der Waals surface area contributed by atoms with Gasteiger partial charge in [0.05, 0.1) is 12.1 Å². The first kappa shape index (κ1) is 11.5. The van der Waals surface area contributed by atoms with Crippen LogP contribution in [0, 0.1) is 0 Å². The maximum absolute atomic E-state index is 12.0. The van der Waals surface area contributed by atoms with E-state index in [0.29, 0.717) is 13.2 Å². The number of amides is 1. The average Bonchev–Trinajstić information content (AvgIpc) is 2.44. The molecule has 0 radical (unpaired) electrons. The Kier molecular flexibility index (Phi) is 3.89. The molecule has 1 fully saturated rings. The summed E-state index contributed by atoms with van der Waals surface area (Å²) in [6.07, 6.45) is 0.936. The van der Waals surface area contributed by atoms with Gasteiger partial charge in [0.25, 0.3) is 0 Å². The number of carbonyl (C=O) groups is 1. The maximum Gasteiger partial charge on any atom is 0.242 e. The molecule has 4 nitrogen and oxygen atoms in total. The zero-order valence-electron chi connectivity index (χ0n) is 9.30. The molecular weight excluding hydrogens is 180 g/mol. The van der Waals surface area contributed by atoms with Gasteiger partial charge in [0.1, 0.15) is 0 Å². The Morgan fingerprint density at radius 3 is 2.71 bits per heavy atom. The van der Waals surface area contributed by atoms with E-state index in [1.54, 1.807) is 0 Å². The highest BCUT2D eigenvalue weighted by molar-refractivity contribution is 5.85. The Morgan fingerprint density at radius 1 is 1.36 bits per heavy atom. The molecule has 1 N–H and O–H groups in total. The number of hydrogen-bond acceptors (Lipinski definition) is 3. The van der Waals surface area contributed by atoms with E-state index in [-0.39, 0.29) is 5.91 Å². The van der Waals surface area contributed by atoms with Gasteiger partial charge in [-0.1, -0.05) is 0 Å². The molecule has 0 saturated carbocycles. The zero-order valence-corrected chi connectivity index (χ0v) is 9.30. The van der Waals surface area contributed by atoms with Crippen LogP contribution in [0.15, 0.2) is 0 Å². The molecule has 1 aliphatic heterocycles. The third kappa shape index (κ3) is 2.69. The first-order valence-corrected chi connectivity index (χ1v) is 5.14. The number of rotatable bonds is 2. The summed E-state index contributed by atoms with van der Waals surface area (Å²) in [5.74, 6) is 0.158. The summed E-state index contributed by atoms with van der Waals surface area (Å²) in [5, 5.41) is 3.03. The van der Waals surface area contributed by atoms with E-state index < -0.39 is 5.54 Å². The van der Waals surface area contributed by atoms with E-state index in [1.165, 1.54) is 0 Å². The minimum Gasteiger partial charge on any atom is -0.380 e. The van der Waals surface area contributed by atoms with Crippen molar-refractivity contribution in [3.63, 3.8) is 0 Å². The first-order chi connectivity index (χ1) is 6.58. The van der Waals surface area contributed by atoms with Gasteiger partial charge in [0.15, 0.2) is 0 Å².